The minimum atomic E-state index is -3.43. The van der Waals surface area contributed by atoms with Gasteiger partial charge in [-0.25, -0.2) is 13.1 Å². The van der Waals surface area contributed by atoms with Crippen molar-refractivity contribution in [2.75, 3.05) is 26.4 Å². The van der Waals surface area contributed by atoms with Crippen LogP contribution < -0.4 is 4.72 Å². The first-order valence-corrected chi connectivity index (χ1v) is 8.42. The van der Waals surface area contributed by atoms with Gasteiger partial charge in [0.05, 0.1) is 18.1 Å². The number of rotatable bonds is 8. The molecule has 0 radical (unpaired) electrons. The molecule has 0 saturated carbocycles. The molecule has 0 unspecified atom stereocenters. The molecule has 0 aromatic heterocycles. The van der Waals surface area contributed by atoms with Gasteiger partial charge in [-0.05, 0) is 48.9 Å². The molecule has 0 atom stereocenters. The molecule has 2 rings (SSSR count). The normalized spacial score (nSPS) is 14.4. The van der Waals surface area contributed by atoms with E-state index >= 15 is 0 Å². The van der Waals surface area contributed by atoms with Gasteiger partial charge in [0.15, 0.2) is 0 Å². The predicted molar refractivity (Wildman–Crippen MR) is 76.2 cm³/mol. The molecule has 1 aromatic rings. The van der Waals surface area contributed by atoms with Gasteiger partial charge in [-0.2, -0.15) is 0 Å². The average molecular weight is 299 g/mol. The van der Waals surface area contributed by atoms with Crippen molar-refractivity contribution in [3.8, 4) is 0 Å². The van der Waals surface area contributed by atoms with Crippen molar-refractivity contribution in [2.45, 2.75) is 30.6 Å². The minimum Gasteiger partial charge on any atom is -0.394 e. The van der Waals surface area contributed by atoms with Gasteiger partial charge in [-0.3, -0.25) is 0 Å². The molecular weight excluding hydrogens is 278 g/mol. The van der Waals surface area contributed by atoms with Crippen LogP contribution in [0.5, 0.6) is 0 Å². The van der Waals surface area contributed by atoms with Crippen LogP contribution in [0.25, 0.3) is 0 Å². The van der Waals surface area contributed by atoms with Crippen molar-refractivity contribution < 1.29 is 18.3 Å². The lowest BCUT2D eigenvalue weighted by atomic mass is 10.1. The van der Waals surface area contributed by atoms with Gasteiger partial charge in [0.25, 0.3) is 0 Å². The van der Waals surface area contributed by atoms with E-state index in [1.54, 1.807) is 12.1 Å². The molecule has 1 aromatic carbocycles. The standard InChI is InChI=1S/C14H21NO4S/c16-8-10-19-9-2-7-15-20(17,18)14-6-5-12-3-1-4-13(12)11-14/h5-6,11,15-16H,1-4,7-10H2. The number of fused-ring (bicyclic) bond motifs is 1. The summed E-state index contributed by atoms with van der Waals surface area (Å²) < 4.78 is 31.9. The Morgan fingerprint density at radius 2 is 2.00 bits per heavy atom. The molecule has 0 heterocycles. The zero-order chi connectivity index (χ0) is 14.4. The highest BCUT2D eigenvalue weighted by molar-refractivity contribution is 7.89. The summed E-state index contributed by atoms with van der Waals surface area (Å²) in [5.74, 6) is 0. The van der Waals surface area contributed by atoms with E-state index in [-0.39, 0.29) is 13.2 Å². The van der Waals surface area contributed by atoms with E-state index in [2.05, 4.69) is 4.72 Å². The van der Waals surface area contributed by atoms with Gasteiger partial charge in [0, 0.05) is 13.2 Å². The lowest BCUT2D eigenvalue weighted by molar-refractivity contribution is 0.0913. The highest BCUT2D eigenvalue weighted by Crippen LogP contribution is 2.24. The Kier molecular flexibility index (Phi) is 5.54. The third-order valence-electron chi connectivity index (χ3n) is 3.37. The van der Waals surface area contributed by atoms with Crippen molar-refractivity contribution in [2.24, 2.45) is 0 Å². The van der Waals surface area contributed by atoms with Gasteiger partial charge in [-0.15, -0.1) is 0 Å². The van der Waals surface area contributed by atoms with Crippen LogP contribution in [0.1, 0.15) is 24.0 Å². The maximum atomic E-state index is 12.1. The molecule has 1 aliphatic carbocycles. The quantitative estimate of drug-likeness (QED) is 0.698. The van der Waals surface area contributed by atoms with Crippen molar-refractivity contribution in [3.05, 3.63) is 29.3 Å². The van der Waals surface area contributed by atoms with Crippen molar-refractivity contribution in [1.29, 1.82) is 0 Å². The van der Waals surface area contributed by atoms with E-state index in [4.69, 9.17) is 9.84 Å². The first-order valence-electron chi connectivity index (χ1n) is 6.93. The molecule has 112 valence electrons. The molecule has 20 heavy (non-hydrogen) atoms. The van der Waals surface area contributed by atoms with E-state index in [0.717, 1.165) is 24.8 Å². The van der Waals surface area contributed by atoms with Gasteiger partial charge >= 0.3 is 0 Å². The number of aliphatic hydroxyl groups excluding tert-OH is 1. The number of benzene rings is 1. The molecule has 0 aliphatic heterocycles. The third-order valence-corrected chi connectivity index (χ3v) is 4.83. The topological polar surface area (TPSA) is 75.6 Å². The van der Waals surface area contributed by atoms with Crippen LogP contribution in [0.3, 0.4) is 0 Å². The van der Waals surface area contributed by atoms with Crippen LogP contribution in [0, 0.1) is 0 Å². The van der Waals surface area contributed by atoms with Gasteiger partial charge < -0.3 is 9.84 Å². The maximum Gasteiger partial charge on any atom is 0.240 e. The van der Waals surface area contributed by atoms with Crippen molar-refractivity contribution in [1.82, 2.24) is 4.72 Å². The van der Waals surface area contributed by atoms with Crippen molar-refractivity contribution in [3.63, 3.8) is 0 Å². The SMILES string of the molecule is O=S(=O)(NCCCOCCO)c1ccc2c(c1)CCC2. The molecule has 0 saturated heterocycles. The zero-order valence-electron chi connectivity index (χ0n) is 11.5. The predicted octanol–water partition coefficient (Wildman–Crippen LogP) is 0.853. The molecule has 0 spiro atoms. The second-order valence-electron chi connectivity index (χ2n) is 4.87. The lowest BCUT2D eigenvalue weighted by Crippen LogP contribution is -2.25. The van der Waals surface area contributed by atoms with E-state index in [0.29, 0.717) is 24.5 Å². The highest BCUT2D eigenvalue weighted by Gasteiger charge is 2.17. The fraction of sp³-hybridized carbons (Fsp3) is 0.571. The number of aliphatic hydroxyl groups is 1. The van der Waals surface area contributed by atoms with E-state index in [1.165, 1.54) is 5.56 Å². The molecule has 6 heteroatoms. The molecule has 2 N–H and O–H groups in total. The summed E-state index contributed by atoms with van der Waals surface area (Å²) in [6, 6.07) is 5.38. The largest absolute Gasteiger partial charge is 0.394 e. The summed E-state index contributed by atoms with van der Waals surface area (Å²) in [4.78, 5) is 0.342. The highest BCUT2D eigenvalue weighted by atomic mass is 32.2. The number of hydrogen-bond acceptors (Lipinski definition) is 4. The maximum absolute atomic E-state index is 12.1. The van der Waals surface area contributed by atoms with Crippen molar-refractivity contribution >= 4 is 10.0 Å². The summed E-state index contributed by atoms with van der Waals surface area (Å²) in [5, 5.41) is 8.54. The van der Waals surface area contributed by atoms with Crippen LogP contribution in [0.2, 0.25) is 0 Å². The fourth-order valence-corrected chi connectivity index (χ4v) is 3.47. The van der Waals surface area contributed by atoms with Crippen LogP contribution in [0.4, 0.5) is 0 Å². The Bertz CT molecular complexity index is 542. The zero-order valence-corrected chi connectivity index (χ0v) is 12.3. The monoisotopic (exact) mass is 299 g/mol. The van der Waals surface area contributed by atoms with Crippen LogP contribution in [-0.2, 0) is 27.6 Å². The molecule has 0 bridgehead atoms. The molecule has 0 amide bonds. The lowest BCUT2D eigenvalue weighted by Gasteiger charge is -2.08. The Morgan fingerprint density at radius 3 is 2.80 bits per heavy atom. The van der Waals surface area contributed by atoms with E-state index in [1.807, 2.05) is 6.07 Å². The summed E-state index contributed by atoms with van der Waals surface area (Å²) in [5.41, 5.74) is 2.42. The van der Waals surface area contributed by atoms with Gasteiger partial charge in [-0.1, -0.05) is 6.07 Å². The number of nitrogens with one attached hydrogen (secondary N) is 1. The minimum absolute atomic E-state index is 0.0130. The number of ether oxygens (including phenoxy) is 1. The number of hydrogen-bond donors (Lipinski definition) is 2. The summed E-state index contributed by atoms with van der Waals surface area (Å²) in [6.07, 6.45) is 3.71. The van der Waals surface area contributed by atoms with E-state index < -0.39 is 10.0 Å². The fourth-order valence-electron chi connectivity index (χ4n) is 2.35. The van der Waals surface area contributed by atoms with Gasteiger partial charge in [0.1, 0.15) is 0 Å². The summed E-state index contributed by atoms with van der Waals surface area (Å²) >= 11 is 0. The molecule has 1 aliphatic rings. The first-order chi connectivity index (χ1) is 9.63. The second-order valence-corrected chi connectivity index (χ2v) is 6.64. The summed E-state index contributed by atoms with van der Waals surface area (Å²) in [7, 11) is -3.43. The van der Waals surface area contributed by atoms with Gasteiger partial charge in [0.2, 0.25) is 10.0 Å². The molecular formula is C14H21NO4S. The van der Waals surface area contributed by atoms with Crippen LogP contribution in [-0.4, -0.2) is 39.9 Å². The number of sulfonamides is 1. The van der Waals surface area contributed by atoms with E-state index in [9.17, 15) is 8.42 Å². The van der Waals surface area contributed by atoms with Crippen LogP contribution in [0.15, 0.2) is 23.1 Å². The molecule has 0 fully saturated rings. The third kappa shape index (κ3) is 4.02. The Balaban J connectivity index is 1.87. The Hall–Kier alpha value is -0.950. The second kappa shape index (κ2) is 7.17. The average Bonchev–Trinajstić information content (AvgIpc) is 2.90. The summed E-state index contributed by atoms with van der Waals surface area (Å²) in [6.45, 7) is 1.05. The molecule has 5 nitrogen and oxygen atoms in total. The smallest absolute Gasteiger partial charge is 0.240 e. The number of aryl methyl sites for hydroxylation is 2. The Labute approximate surface area is 120 Å². The van der Waals surface area contributed by atoms with Crippen LogP contribution >= 0.6 is 0 Å². The first kappa shape index (κ1) is 15.4. The Morgan fingerprint density at radius 1 is 1.20 bits per heavy atom.